The lowest BCUT2D eigenvalue weighted by atomic mass is 10.2. The Morgan fingerprint density at radius 2 is 2.33 bits per heavy atom. The largest absolute Gasteiger partial charge is 0.435 e. The Morgan fingerprint density at radius 3 is 3.00 bits per heavy atom. The number of carbonyl (C=O) groups is 2. The van der Waals surface area contributed by atoms with Crippen LogP contribution in [0.3, 0.4) is 0 Å². The Labute approximate surface area is 85.1 Å². The molecule has 0 atom stereocenters. The van der Waals surface area contributed by atoms with E-state index in [0.717, 1.165) is 0 Å². The maximum absolute atomic E-state index is 11.0. The fraction of sp³-hybridized carbons (Fsp3) is 0.100. The van der Waals surface area contributed by atoms with Crippen LogP contribution in [0.1, 0.15) is 17.5 Å². The zero-order valence-corrected chi connectivity index (χ0v) is 7.98. The summed E-state index contributed by atoms with van der Waals surface area (Å²) < 4.78 is 5.19. The summed E-state index contributed by atoms with van der Waals surface area (Å²) in [7, 11) is 0. The van der Waals surface area contributed by atoms with E-state index in [1.54, 1.807) is 12.1 Å². The number of Topliss-reactive ketones (excluding diaryl/α,β-unsaturated/α-hetero) is 1. The normalized spacial score (nSPS) is 10.2. The van der Waals surface area contributed by atoms with Crippen molar-refractivity contribution in [3.05, 3.63) is 24.1 Å². The number of rotatable bonds is 3. The minimum Gasteiger partial charge on any atom is -0.435 e. The number of ketones is 1. The summed E-state index contributed by atoms with van der Waals surface area (Å²) in [6.45, 7) is 1.42. The summed E-state index contributed by atoms with van der Waals surface area (Å²) in [5, 5.41) is 3.16. The van der Waals surface area contributed by atoms with Crippen molar-refractivity contribution in [2.45, 2.75) is 6.92 Å². The average Bonchev–Trinajstić information content (AvgIpc) is 2.61. The van der Waals surface area contributed by atoms with Crippen molar-refractivity contribution in [2.24, 2.45) is 0 Å². The number of hydrogen-bond donors (Lipinski definition) is 1. The summed E-state index contributed by atoms with van der Waals surface area (Å²) in [5.41, 5.74) is 0.949. The molecule has 2 rings (SSSR count). The van der Waals surface area contributed by atoms with Crippen LogP contribution in [0, 0.1) is 0 Å². The van der Waals surface area contributed by atoms with Gasteiger partial charge in [0.05, 0.1) is 11.9 Å². The molecule has 1 amide bonds. The first-order valence-corrected chi connectivity index (χ1v) is 4.31. The predicted molar refractivity (Wildman–Crippen MR) is 53.7 cm³/mol. The van der Waals surface area contributed by atoms with Gasteiger partial charge >= 0.3 is 0 Å². The monoisotopic (exact) mass is 204 g/mol. The number of fused-ring (bicyclic) bond motifs is 1. The summed E-state index contributed by atoms with van der Waals surface area (Å²) in [4.78, 5) is 25.2. The fourth-order valence-corrected chi connectivity index (χ4v) is 1.25. The summed E-state index contributed by atoms with van der Waals surface area (Å²) in [6.07, 6.45) is 2.03. The molecule has 0 saturated heterocycles. The van der Waals surface area contributed by atoms with Gasteiger partial charge in [0.15, 0.2) is 11.5 Å². The lowest BCUT2D eigenvalue weighted by molar-refractivity contribution is -0.105. The second-order valence-corrected chi connectivity index (χ2v) is 3.05. The molecule has 0 fully saturated rings. The molecule has 0 spiro atoms. The van der Waals surface area contributed by atoms with Gasteiger partial charge in [-0.05, 0) is 12.1 Å². The van der Waals surface area contributed by atoms with E-state index in [1.807, 2.05) is 0 Å². The van der Waals surface area contributed by atoms with Crippen LogP contribution in [-0.2, 0) is 4.79 Å². The van der Waals surface area contributed by atoms with Crippen molar-refractivity contribution in [1.29, 1.82) is 0 Å². The third-order valence-electron chi connectivity index (χ3n) is 1.94. The summed E-state index contributed by atoms with van der Waals surface area (Å²) in [6, 6.07) is 3.29. The van der Waals surface area contributed by atoms with E-state index in [-0.39, 0.29) is 11.5 Å². The first kappa shape index (κ1) is 9.39. The maximum atomic E-state index is 11.0. The molecule has 0 saturated carbocycles. The molecule has 5 heteroatoms. The highest BCUT2D eigenvalue weighted by Crippen LogP contribution is 2.20. The Morgan fingerprint density at radius 1 is 1.53 bits per heavy atom. The minimum absolute atomic E-state index is 0.155. The van der Waals surface area contributed by atoms with Gasteiger partial charge in [-0.25, -0.2) is 4.98 Å². The minimum atomic E-state index is -0.155. The SMILES string of the molecule is CC(=O)c1cc2cc(NC=O)cnc2o1. The van der Waals surface area contributed by atoms with E-state index >= 15 is 0 Å². The molecule has 76 valence electrons. The zero-order valence-electron chi connectivity index (χ0n) is 7.98. The van der Waals surface area contributed by atoms with Crippen molar-refractivity contribution in [3.63, 3.8) is 0 Å². The molecule has 0 radical (unpaired) electrons. The van der Waals surface area contributed by atoms with E-state index in [1.165, 1.54) is 13.1 Å². The van der Waals surface area contributed by atoms with Crippen molar-refractivity contribution in [2.75, 3.05) is 5.32 Å². The standard InChI is InChI=1S/C10H8N2O3/c1-6(14)9-3-7-2-8(12-5-13)4-11-10(7)15-9/h2-5H,1H3,(H,12,13). The van der Waals surface area contributed by atoms with Gasteiger partial charge in [-0.3, -0.25) is 9.59 Å². The zero-order chi connectivity index (χ0) is 10.8. The van der Waals surface area contributed by atoms with Crippen LogP contribution in [0.25, 0.3) is 11.1 Å². The van der Waals surface area contributed by atoms with Gasteiger partial charge < -0.3 is 9.73 Å². The maximum Gasteiger partial charge on any atom is 0.226 e. The summed E-state index contributed by atoms with van der Waals surface area (Å²) >= 11 is 0. The number of anilines is 1. The molecule has 2 heterocycles. The van der Waals surface area contributed by atoms with Crippen LogP contribution in [0.15, 0.2) is 22.7 Å². The molecule has 0 bridgehead atoms. The molecular weight excluding hydrogens is 196 g/mol. The lowest BCUT2D eigenvalue weighted by Gasteiger charge is -1.95. The molecule has 0 aliphatic carbocycles. The molecule has 5 nitrogen and oxygen atoms in total. The van der Waals surface area contributed by atoms with Crippen LogP contribution < -0.4 is 5.32 Å². The Kier molecular flexibility index (Phi) is 2.21. The third-order valence-corrected chi connectivity index (χ3v) is 1.94. The Balaban J connectivity index is 2.51. The third kappa shape index (κ3) is 1.71. The number of amides is 1. The van der Waals surface area contributed by atoms with Crippen molar-refractivity contribution < 1.29 is 14.0 Å². The summed E-state index contributed by atoms with van der Waals surface area (Å²) in [5.74, 6) is 0.110. The molecule has 15 heavy (non-hydrogen) atoms. The van der Waals surface area contributed by atoms with Crippen LogP contribution in [-0.4, -0.2) is 17.2 Å². The Bertz CT molecular complexity index is 530. The molecule has 0 aromatic carbocycles. The first-order chi connectivity index (χ1) is 7.20. The van der Waals surface area contributed by atoms with Gasteiger partial charge in [0, 0.05) is 12.3 Å². The van der Waals surface area contributed by atoms with E-state index in [0.29, 0.717) is 23.2 Å². The van der Waals surface area contributed by atoms with Gasteiger partial charge in [-0.2, -0.15) is 0 Å². The molecule has 2 aromatic rings. The molecule has 2 aromatic heterocycles. The number of carbonyl (C=O) groups excluding carboxylic acids is 2. The first-order valence-electron chi connectivity index (χ1n) is 4.31. The van der Waals surface area contributed by atoms with Crippen molar-refractivity contribution in [1.82, 2.24) is 4.98 Å². The molecule has 0 unspecified atom stereocenters. The van der Waals surface area contributed by atoms with E-state index in [4.69, 9.17) is 4.42 Å². The lowest BCUT2D eigenvalue weighted by Crippen LogP contribution is -1.93. The van der Waals surface area contributed by atoms with Crippen LogP contribution in [0.4, 0.5) is 5.69 Å². The van der Waals surface area contributed by atoms with E-state index in [9.17, 15) is 9.59 Å². The quantitative estimate of drug-likeness (QED) is 0.608. The van der Waals surface area contributed by atoms with Crippen molar-refractivity contribution >= 4 is 29.0 Å². The van der Waals surface area contributed by atoms with Gasteiger partial charge in [0.1, 0.15) is 0 Å². The number of aromatic nitrogens is 1. The molecule has 0 aliphatic heterocycles. The molecule has 1 N–H and O–H groups in total. The van der Waals surface area contributed by atoms with Gasteiger partial charge in [-0.15, -0.1) is 0 Å². The number of nitrogens with one attached hydrogen (secondary N) is 1. The van der Waals surface area contributed by atoms with Crippen LogP contribution in [0.2, 0.25) is 0 Å². The van der Waals surface area contributed by atoms with Crippen LogP contribution >= 0.6 is 0 Å². The van der Waals surface area contributed by atoms with Crippen LogP contribution in [0.5, 0.6) is 0 Å². The van der Waals surface area contributed by atoms with Crippen molar-refractivity contribution in [3.8, 4) is 0 Å². The number of nitrogens with zero attached hydrogens (tertiary/aromatic N) is 1. The van der Waals surface area contributed by atoms with Gasteiger partial charge in [0.25, 0.3) is 0 Å². The number of hydrogen-bond acceptors (Lipinski definition) is 4. The number of furan rings is 1. The van der Waals surface area contributed by atoms with Gasteiger partial charge in [0.2, 0.25) is 12.1 Å². The molecular formula is C10H8N2O3. The highest BCUT2D eigenvalue weighted by Gasteiger charge is 2.08. The van der Waals surface area contributed by atoms with E-state index in [2.05, 4.69) is 10.3 Å². The topological polar surface area (TPSA) is 72.2 Å². The second-order valence-electron chi connectivity index (χ2n) is 3.05. The predicted octanol–water partition coefficient (Wildman–Crippen LogP) is 1.60. The molecule has 0 aliphatic rings. The smallest absolute Gasteiger partial charge is 0.226 e. The van der Waals surface area contributed by atoms with Gasteiger partial charge in [-0.1, -0.05) is 0 Å². The van der Waals surface area contributed by atoms with E-state index < -0.39 is 0 Å². The highest BCUT2D eigenvalue weighted by atomic mass is 16.4. The second kappa shape index (κ2) is 3.53. The Hall–Kier alpha value is -2.17. The number of pyridine rings is 1. The highest BCUT2D eigenvalue weighted by molar-refractivity contribution is 5.95. The fourth-order valence-electron chi connectivity index (χ4n) is 1.25. The average molecular weight is 204 g/mol.